The van der Waals surface area contributed by atoms with Crippen LogP contribution in [0.1, 0.15) is 26.2 Å². The van der Waals surface area contributed by atoms with E-state index in [9.17, 15) is 14.4 Å². The van der Waals surface area contributed by atoms with E-state index >= 15 is 0 Å². The lowest BCUT2D eigenvalue weighted by Gasteiger charge is -2.29. The van der Waals surface area contributed by atoms with Crippen molar-refractivity contribution in [2.75, 3.05) is 13.4 Å². The second-order valence-electron chi connectivity index (χ2n) is 4.43. The number of carbonyl (C=O) groups excluding carboxylic acids is 3. The van der Waals surface area contributed by atoms with Crippen LogP contribution in [0.5, 0.6) is 0 Å². The average molecular weight is 258 g/mol. The van der Waals surface area contributed by atoms with Crippen molar-refractivity contribution >= 4 is 29.3 Å². The molecule has 5 heteroatoms. The summed E-state index contributed by atoms with van der Waals surface area (Å²) in [6, 6.07) is 0. The van der Waals surface area contributed by atoms with Crippen molar-refractivity contribution in [3.63, 3.8) is 0 Å². The molecule has 0 saturated heterocycles. The molecular formula is C12H18O4S. The van der Waals surface area contributed by atoms with Gasteiger partial charge in [0, 0.05) is 11.7 Å². The molecular weight excluding hydrogens is 240 g/mol. The third-order valence-electron chi connectivity index (χ3n) is 3.17. The molecule has 0 aromatic rings. The van der Waals surface area contributed by atoms with Gasteiger partial charge in [-0.15, -0.1) is 0 Å². The number of Topliss-reactive ketones (excluding diaryl/α,β-unsaturated/α-hetero) is 2. The van der Waals surface area contributed by atoms with Crippen molar-refractivity contribution in [1.29, 1.82) is 0 Å². The fourth-order valence-corrected chi connectivity index (χ4v) is 2.68. The van der Waals surface area contributed by atoms with E-state index in [-0.39, 0.29) is 23.9 Å². The summed E-state index contributed by atoms with van der Waals surface area (Å²) in [5.74, 6) is -1.79. The van der Waals surface area contributed by atoms with E-state index in [1.807, 2.05) is 13.2 Å². The highest BCUT2D eigenvalue weighted by Crippen LogP contribution is 2.32. The van der Waals surface area contributed by atoms with E-state index in [0.29, 0.717) is 18.1 Å². The highest BCUT2D eigenvalue weighted by Gasteiger charge is 2.41. The number of hydrogen-bond donors (Lipinski definition) is 0. The Morgan fingerprint density at radius 3 is 2.71 bits per heavy atom. The molecule has 0 aromatic carbocycles. The standard InChI is InChI=1S/C12H18O4S/c1-7(17-3)4-8-5-9(13)6-10(14)11(8)12(15)16-2/h7-8,11H,4-6H2,1-3H3. The van der Waals surface area contributed by atoms with Gasteiger partial charge in [0.1, 0.15) is 11.7 Å². The Kier molecular flexibility index (Phi) is 5.18. The molecule has 0 amide bonds. The van der Waals surface area contributed by atoms with Crippen molar-refractivity contribution in [3.8, 4) is 0 Å². The molecule has 17 heavy (non-hydrogen) atoms. The van der Waals surface area contributed by atoms with Crippen LogP contribution in [0.4, 0.5) is 0 Å². The minimum atomic E-state index is -0.743. The molecule has 0 bridgehead atoms. The van der Waals surface area contributed by atoms with Gasteiger partial charge in [-0.25, -0.2) is 0 Å². The Balaban J connectivity index is 2.82. The number of ketones is 2. The van der Waals surface area contributed by atoms with Gasteiger partial charge >= 0.3 is 5.97 Å². The average Bonchev–Trinajstić information content (AvgIpc) is 2.27. The lowest BCUT2D eigenvalue weighted by Crippen LogP contribution is -2.40. The van der Waals surface area contributed by atoms with Gasteiger partial charge in [-0.1, -0.05) is 6.92 Å². The van der Waals surface area contributed by atoms with E-state index in [0.717, 1.165) is 0 Å². The zero-order valence-electron chi connectivity index (χ0n) is 10.4. The third-order valence-corrected chi connectivity index (χ3v) is 4.17. The first-order valence-electron chi connectivity index (χ1n) is 5.64. The van der Waals surface area contributed by atoms with Crippen LogP contribution in [0, 0.1) is 11.8 Å². The summed E-state index contributed by atoms with van der Waals surface area (Å²) in [4.78, 5) is 34.8. The summed E-state index contributed by atoms with van der Waals surface area (Å²) >= 11 is 1.67. The van der Waals surface area contributed by atoms with Crippen LogP contribution in [-0.4, -0.2) is 36.2 Å². The summed E-state index contributed by atoms with van der Waals surface area (Å²) in [6.45, 7) is 2.03. The molecule has 1 aliphatic rings. The first-order valence-corrected chi connectivity index (χ1v) is 6.93. The van der Waals surface area contributed by atoms with Crippen molar-refractivity contribution in [3.05, 3.63) is 0 Å². The van der Waals surface area contributed by atoms with Crippen LogP contribution in [0.2, 0.25) is 0 Å². The first kappa shape index (κ1) is 14.2. The van der Waals surface area contributed by atoms with Gasteiger partial charge < -0.3 is 4.74 Å². The van der Waals surface area contributed by atoms with E-state index in [1.165, 1.54) is 7.11 Å². The normalized spacial score (nSPS) is 26.8. The lowest BCUT2D eigenvalue weighted by atomic mass is 9.75. The van der Waals surface area contributed by atoms with Gasteiger partial charge in [-0.3, -0.25) is 14.4 Å². The fraction of sp³-hybridized carbons (Fsp3) is 0.750. The smallest absolute Gasteiger partial charge is 0.316 e. The Bertz CT molecular complexity index is 326. The summed E-state index contributed by atoms with van der Waals surface area (Å²) in [5.41, 5.74) is 0. The Morgan fingerprint density at radius 1 is 1.53 bits per heavy atom. The van der Waals surface area contributed by atoms with Crippen molar-refractivity contribution < 1.29 is 19.1 Å². The molecule has 0 heterocycles. The SMILES string of the molecule is COC(=O)C1C(=O)CC(=O)CC1CC(C)SC. The van der Waals surface area contributed by atoms with Gasteiger partial charge in [0.25, 0.3) is 0 Å². The van der Waals surface area contributed by atoms with Gasteiger partial charge in [0.2, 0.25) is 0 Å². The molecule has 3 unspecified atom stereocenters. The number of rotatable bonds is 4. The number of thioether (sulfide) groups is 1. The van der Waals surface area contributed by atoms with Crippen LogP contribution in [0.15, 0.2) is 0 Å². The summed E-state index contributed by atoms with van der Waals surface area (Å²) in [6.07, 6.45) is 2.86. The number of carbonyl (C=O) groups is 3. The van der Waals surface area contributed by atoms with Gasteiger partial charge in [0.05, 0.1) is 13.5 Å². The zero-order valence-corrected chi connectivity index (χ0v) is 11.2. The van der Waals surface area contributed by atoms with E-state index < -0.39 is 11.9 Å². The maximum absolute atomic E-state index is 11.8. The summed E-state index contributed by atoms with van der Waals surface area (Å²) in [5, 5.41) is 0.325. The molecule has 1 fully saturated rings. The molecule has 0 aliphatic heterocycles. The van der Waals surface area contributed by atoms with Crippen molar-refractivity contribution in [1.82, 2.24) is 0 Å². The molecule has 1 rings (SSSR count). The van der Waals surface area contributed by atoms with Crippen molar-refractivity contribution in [2.24, 2.45) is 11.8 Å². The fourth-order valence-electron chi connectivity index (χ4n) is 2.24. The van der Waals surface area contributed by atoms with Gasteiger partial charge in [-0.05, 0) is 18.6 Å². The molecule has 1 aliphatic carbocycles. The topological polar surface area (TPSA) is 60.4 Å². The minimum Gasteiger partial charge on any atom is -0.468 e. The molecule has 4 nitrogen and oxygen atoms in total. The van der Waals surface area contributed by atoms with Crippen LogP contribution in [0.3, 0.4) is 0 Å². The van der Waals surface area contributed by atoms with E-state index in [4.69, 9.17) is 0 Å². The maximum Gasteiger partial charge on any atom is 0.316 e. The lowest BCUT2D eigenvalue weighted by molar-refractivity contribution is -0.154. The summed E-state index contributed by atoms with van der Waals surface area (Å²) < 4.78 is 4.66. The Labute approximate surface area is 105 Å². The van der Waals surface area contributed by atoms with Crippen molar-refractivity contribution in [2.45, 2.75) is 31.4 Å². The molecule has 1 saturated carbocycles. The quantitative estimate of drug-likeness (QED) is 0.564. The largest absolute Gasteiger partial charge is 0.468 e. The molecule has 0 N–H and O–H groups in total. The van der Waals surface area contributed by atoms with Gasteiger partial charge in [-0.2, -0.15) is 11.8 Å². The van der Waals surface area contributed by atoms with E-state index in [2.05, 4.69) is 4.74 Å². The highest BCUT2D eigenvalue weighted by molar-refractivity contribution is 7.99. The monoisotopic (exact) mass is 258 g/mol. The minimum absolute atomic E-state index is 0.0616. The van der Waals surface area contributed by atoms with Gasteiger partial charge in [0.15, 0.2) is 5.78 Å². The van der Waals surface area contributed by atoms with E-state index in [1.54, 1.807) is 11.8 Å². The molecule has 0 radical (unpaired) electrons. The first-order chi connectivity index (χ1) is 7.99. The molecule has 3 atom stereocenters. The second-order valence-corrected chi connectivity index (χ2v) is 5.70. The summed E-state index contributed by atoms with van der Waals surface area (Å²) in [7, 11) is 1.28. The van der Waals surface area contributed by atoms with Crippen LogP contribution in [-0.2, 0) is 19.1 Å². The van der Waals surface area contributed by atoms with Crippen LogP contribution < -0.4 is 0 Å². The number of esters is 1. The van der Waals surface area contributed by atoms with Crippen LogP contribution in [0.25, 0.3) is 0 Å². The number of hydrogen-bond acceptors (Lipinski definition) is 5. The number of ether oxygens (including phenoxy) is 1. The third kappa shape index (κ3) is 3.56. The zero-order chi connectivity index (χ0) is 13.0. The highest BCUT2D eigenvalue weighted by atomic mass is 32.2. The molecule has 0 spiro atoms. The molecule has 0 aromatic heterocycles. The predicted molar refractivity (Wildman–Crippen MR) is 65.8 cm³/mol. The Hall–Kier alpha value is -0.840. The Morgan fingerprint density at radius 2 is 2.18 bits per heavy atom. The van der Waals surface area contributed by atoms with Crippen LogP contribution >= 0.6 is 11.8 Å². The maximum atomic E-state index is 11.8. The number of methoxy groups -OCH3 is 1. The second kappa shape index (κ2) is 6.19. The predicted octanol–water partition coefficient (Wildman–Crippen LogP) is 1.47. The molecule has 96 valence electrons.